The van der Waals surface area contributed by atoms with E-state index in [0.717, 1.165) is 4.90 Å². The molecule has 0 aromatic heterocycles. The van der Waals surface area contributed by atoms with Gasteiger partial charge in [0.1, 0.15) is 12.6 Å². The summed E-state index contributed by atoms with van der Waals surface area (Å²) < 4.78 is 4.56. The number of imide groups is 1. The summed E-state index contributed by atoms with van der Waals surface area (Å²) in [7, 11) is 1.31. The highest BCUT2D eigenvalue weighted by molar-refractivity contribution is 6.01. The highest BCUT2D eigenvalue weighted by Crippen LogP contribution is 2.18. The van der Waals surface area contributed by atoms with Gasteiger partial charge in [-0.05, 0) is 6.42 Å². The second-order valence-electron chi connectivity index (χ2n) is 2.98. The molecule has 0 spiro atoms. The Kier molecular flexibility index (Phi) is 3.19. The van der Waals surface area contributed by atoms with Crippen molar-refractivity contribution in [3.8, 4) is 0 Å². The van der Waals surface area contributed by atoms with Gasteiger partial charge in [-0.1, -0.05) is 0 Å². The number of likely N-dealkylation sites (tertiary alicyclic amines) is 1. The normalized spacial score (nSPS) is 21.4. The zero-order valence-corrected chi connectivity index (χ0v) is 7.73. The van der Waals surface area contributed by atoms with Gasteiger partial charge in [0.15, 0.2) is 0 Å². The fourth-order valence-corrected chi connectivity index (χ4v) is 1.42. The van der Waals surface area contributed by atoms with E-state index in [1.54, 1.807) is 0 Å². The van der Waals surface area contributed by atoms with Crippen LogP contribution in [0.25, 0.3) is 0 Å². The molecule has 78 valence electrons. The van der Waals surface area contributed by atoms with E-state index in [1.807, 2.05) is 0 Å². The molecule has 2 amide bonds. The molecule has 0 aromatic rings. The minimum absolute atomic E-state index is 0.104. The number of hydrogen-bond donors (Lipinski definition) is 1. The van der Waals surface area contributed by atoms with Crippen LogP contribution >= 0.6 is 0 Å². The highest BCUT2D eigenvalue weighted by atomic mass is 16.5. The van der Waals surface area contributed by atoms with E-state index in [9.17, 15) is 14.4 Å². The lowest BCUT2D eigenvalue weighted by Crippen LogP contribution is -2.44. The Labute approximate surface area is 80.4 Å². The Bertz CT molecular complexity index is 275. The Hall–Kier alpha value is -1.43. The van der Waals surface area contributed by atoms with Crippen molar-refractivity contribution in [3.05, 3.63) is 0 Å². The van der Waals surface area contributed by atoms with Crippen molar-refractivity contribution in [2.45, 2.75) is 18.9 Å². The molecule has 1 saturated heterocycles. The van der Waals surface area contributed by atoms with Gasteiger partial charge in [0.05, 0.1) is 0 Å². The number of methoxy groups -OCH3 is 1. The number of rotatable bonds is 3. The zero-order valence-electron chi connectivity index (χ0n) is 7.73. The number of carboxylic acid groups (broad SMARTS) is 1. The summed E-state index contributed by atoms with van der Waals surface area (Å²) in [6.45, 7) is -0.268. The first-order valence-electron chi connectivity index (χ1n) is 4.14. The first kappa shape index (κ1) is 10.6. The maximum Gasteiger partial charge on any atom is 0.326 e. The van der Waals surface area contributed by atoms with Crippen LogP contribution in [0.2, 0.25) is 0 Å². The van der Waals surface area contributed by atoms with E-state index in [2.05, 4.69) is 4.74 Å². The van der Waals surface area contributed by atoms with Crippen molar-refractivity contribution < 1.29 is 24.2 Å². The Balaban J connectivity index is 2.76. The molecule has 14 heavy (non-hydrogen) atoms. The van der Waals surface area contributed by atoms with Crippen LogP contribution in [0.1, 0.15) is 12.8 Å². The van der Waals surface area contributed by atoms with E-state index >= 15 is 0 Å². The van der Waals surface area contributed by atoms with Crippen LogP contribution in [0, 0.1) is 0 Å². The van der Waals surface area contributed by atoms with Crippen molar-refractivity contribution in [3.63, 3.8) is 0 Å². The highest BCUT2D eigenvalue weighted by Gasteiger charge is 2.39. The monoisotopic (exact) mass is 201 g/mol. The number of carbonyl (C=O) groups excluding carboxylic acids is 2. The molecule has 0 radical (unpaired) electrons. The van der Waals surface area contributed by atoms with Crippen LogP contribution in [0.15, 0.2) is 0 Å². The van der Waals surface area contributed by atoms with E-state index in [1.165, 1.54) is 7.11 Å². The smallest absolute Gasteiger partial charge is 0.326 e. The summed E-state index contributed by atoms with van der Waals surface area (Å²) in [5.74, 6) is -2.19. The molecule has 1 aliphatic heterocycles. The van der Waals surface area contributed by atoms with Gasteiger partial charge in [-0.3, -0.25) is 14.5 Å². The standard InChI is InChI=1S/C8H11NO5/c1-14-4-7(11)9-5(8(12)13)2-3-6(9)10/h5H,2-4H2,1H3,(H,12,13)/t5-/m0/s1. The summed E-state index contributed by atoms with van der Waals surface area (Å²) in [5, 5.41) is 8.73. The molecule has 1 atom stereocenters. The summed E-state index contributed by atoms with van der Waals surface area (Å²) in [6.07, 6.45) is 0.288. The average Bonchev–Trinajstić information content (AvgIpc) is 2.47. The third kappa shape index (κ3) is 1.90. The number of amides is 2. The van der Waals surface area contributed by atoms with Gasteiger partial charge in [0.2, 0.25) is 5.91 Å². The number of carbonyl (C=O) groups is 3. The fraction of sp³-hybridized carbons (Fsp3) is 0.625. The van der Waals surface area contributed by atoms with Crippen molar-refractivity contribution in [2.75, 3.05) is 13.7 Å². The summed E-state index contributed by atoms with van der Waals surface area (Å²) in [6, 6.07) is -1.02. The maximum absolute atomic E-state index is 11.3. The number of aliphatic carboxylic acids is 1. The SMILES string of the molecule is COCC(=O)N1C(=O)CC[C@H]1C(=O)O. The molecule has 0 unspecified atom stereocenters. The average molecular weight is 201 g/mol. The molecule has 0 bridgehead atoms. The minimum atomic E-state index is -1.15. The van der Waals surface area contributed by atoms with Gasteiger partial charge in [-0.15, -0.1) is 0 Å². The predicted molar refractivity (Wildman–Crippen MR) is 44.4 cm³/mol. The molecule has 0 aliphatic carbocycles. The summed E-state index contributed by atoms with van der Waals surface area (Å²) in [4.78, 5) is 33.9. The predicted octanol–water partition coefficient (Wildman–Crippen LogP) is -0.765. The quantitative estimate of drug-likeness (QED) is 0.648. The molecule has 6 nitrogen and oxygen atoms in total. The van der Waals surface area contributed by atoms with Gasteiger partial charge in [-0.25, -0.2) is 4.79 Å². The first-order valence-corrected chi connectivity index (χ1v) is 4.14. The molecule has 1 rings (SSSR count). The van der Waals surface area contributed by atoms with Crippen LogP contribution in [0.4, 0.5) is 0 Å². The van der Waals surface area contributed by atoms with Crippen molar-refractivity contribution in [1.82, 2.24) is 4.90 Å². The Morgan fingerprint density at radius 1 is 1.64 bits per heavy atom. The third-order valence-corrected chi connectivity index (χ3v) is 2.03. The molecule has 0 saturated carbocycles. The molecular weight excluding hydrogens is 190 g/mol. The third-order valence-electron chi connectivity index (χ3n) is 2.03. The number of nitrogens with zero attached hydrogens (tertiary/aromatic N) is 1. The summed E-state index contributed by atoms with van der Waals surface area (Å²) in [5.41, 5.74) is 0. The van der Waals surface area contributed by atoms with Crippen LogP contribution in [0.5, 0.6) is 0 Å². The topological polar surface area (TPSA) is 83.9 Å². The molecule has 1 heterocycles. The molecule has 6 heteroatoms. The maximum atomic E-state index is 11.3. The van der Waals surface area contributed by atoms with E-state index < -0.39 is 23.8 Å². The molecule has 1 N–H and O–H groups in total. The Morgan fingerprint density at radius 2 is 2.29 bits per heavy atom. The van der Waals surface area contributed by atoms with E-state index in [4.69, 9.17) is 5.11 Å². The fourth-order valence-electron chi connectivity index (χ4n) is 1.42. The van der Waals surface area contributed by atoms with E-state index in [-0.39, 0.29) is 19.4 Å². The second kappa shape index (κ2) is 4.19. The van der Waals surface area contributed by atoms with Crippen LogP contribution in [-0.2, 0) is 19.1 Å². The van der Waals surface area contributed by atoms with Crippen molar-refractivity contribution in [1.29, 1.82) is 0 Å². The van der Waals surface area contributed by atoms with Gasteiger partial charge in [0, 0.05) is 13.5 Å². The second-order valence-corrected chi connectivity index (χ2v) is 2.98. The number of hydrogen-bond acceptors (Lipinski definition) is 4. The molecule has 1 aliphatic rings. The summed E-state index contributed by atoms with van der Waals surface area (Å²) >= 11 is 0. The van der Waals surface area contributed by atoms with Gasteiger partial charge in [0.25, 0.3) is 5.91 Å². The lowest BCUT2D eigenvalue weighted by atomic mass is 10.2. The van der Waals surface area contributed by atoms with Crippen LogP contribution in [-0.4, -0.2) is 47.5 Å². The lowest BCUT2D eigenvalue weighted by Gasteiger charge is -2.18. The van der Waals surface area contributed by atoms with Crippen molar-refractivity contribution in [2.24, 2.45) is 0 Å². The zero-order chi connectivity index (χ0) is 10.7. The van der Waals surface area contributed by atoms with Crippen molar-refractivity contribution >= 4 is 17.8 Å². The molecular formula is C8H11NO5. The molecule has 1 fully saturated rings. The Morgan fingerprint density at radius 3 is 2.79 bits per heavy atom. The number of carboxylic acids is 1. The lowest BCUT2D eigenvalue weighted by molar-refractivity contribution is -0.155. The minimum Gasteiger partial charge on any atom is -0.480 e. The van der Waals surface area contributed by atoms with Crippen LogP contribution in [0.3, 0.4) is 0 Å². The van der Waals surface area contributed by atoms with Gasteiger partial charge in [-0.2, -0.15) is 0 Å². The molecule has 0 aromatic carbocycles. The van der Waals surface area contributed by atoms with Gasteiger partial charge < -0.3 is 9.84 Å². The van der Waals surface area contributed by atoms with Crippen LogP contribution < -0.4 is 0 Å². The van der Waals surface area contributed by atoms with E-state index in [0.29, 0.717) is 0 Å². The largest absolute Gasteiger partial charge is 0.480 e. The van der Waals surface area contributed by atoms with Gasteiger partial charge >= 0.3 is 5.97 Å². The number of ether oxygens (including phenoxy) is 1. The first-order chi connectivity index (χ1) is 6.57.